The Bertz CT molecular complexity index is 1690. The van der Waals surface area contributed by atoms with Crippen molar-refractivity contribution < 1.29 is 9.90 Å². The number of hydrogen-bond acceptors (Lipinski definition) is 7. The van der Waals surface area contributed by atoms with Crippen LogP contribution >= 0.6 is 11.8 Å². The van der Waals surface area contributed by atoms with Gasteiger partial charge in [-0.1, -0.05) is 22.4 Å². The Labute approximate surface area is 257 Å². The summed E-state index contributed by atoms with van der Waals surface area (Å²) in [7, 11) is 35.9. The Morgan fingerprint density at radius 2 is 1.57 bits per heavy atom. The second-order valence-electron chi connectivity index (χ2n) is 10.7. The first kappa shape index (κ1) is 31.6. The van der Waals surface area contributed by atoms with Gasteiger partial charge in [-0.3, -0.25) is 9.78 Å². The average Bonchev–Trinajstić information content (AvgIpc) is 3.30. The molecule has 1 aromatic carbocycles. The summed E-state index contributed by atoms with van der Waals surface area (Å²) in [5, 5.41) is 23.9. The van der Waals surface area contributed by atoms with Crippen LogP contribution in [0.3, 0.4) is 0 Å². The van der Waals surface area contributed by atoms with Gasteiger partial charge < -0.3 is 10.4 Å². The van der Waals surface area contributed by atoms with Gasteiger partial charge in [-0.15, -0.1) is 11.8 Å². The first-order valence-electron chi connectivity index (χ1n) is 12.6. The van der Waals surface area contributed by atoms with Crippen LogP contribution in [-0.2, 0) is 10.2 Å². The third-order valence-electron chi connectivity index (χ3n) is 6.89. The average molecular weight is 559 g/mol. The lowest BCUT2D eigenvalue weighted by molar-refractivity contribution is 0.0277. The van der Waals surface area contributed by atoms with Crippen molar-refractivity contribution in [1.82, 2.24) is 24.9 Å². The van der Waals surface area contributed by atoms with E-state index in [4.69, 9.17) is 52.1 Å². The smallest absolute Gasteiger partial charge is 0.272 e. The number of aliphatic hydroxyl groups is 1. The number of nitrogens with zero attached hydrogens (tertiary/aromatic N) is 5. The molecule has 0 spiro atoms. The molecule has 42 heavy (non-hydrogen) atoms. The van der Waals surface area contributed by atoms with Crippen molar-refractivity contribution in [1.29, 1.82) is 5.26 Å². The summed E-state index contributed by atoms with van der Waals surface area (Å²) in [6.45, 7) is 4.93. The summed E-state index contributed by atoms with van der Waals surface area (Å²) >= 11 is 1.29. The van der Waals surface area contributed by atoms with Gasteiger partial charge >= 0.3 is 0 Å². The van der Waals surface area contributed by atoms with E-state index in [9.17, 15) is 15.2 Å². The molecular formula is C27H22B6N6O2S. The van der Waals surface area contributed by atoms with Gasteiger partial charge in [-0.2, -0.15) is 10.4 Å². The van der Waals surface area contributed by atoms with E-state index in [1.54, 1.807) is 57.4 Å². The van der Waals surface area contributed by atoms with E-state index in [1.807, 2.05) is 0 Å². The highest BCUT2D eigenvalue weighted by atomic mass is 32.2. The number of fused-ring (bicyclic) bond motifs is 1. The van der Waals surface area contributed by atoms with Crippen LogP contribution in [-0.4, -0.2) is 94.4 Å². The van der Waals surface area contributed by atoms with Crippen LogP contribution in [0.15, 0.2) is 48.5 Å². The molecule has 0 bridgehead atoms. The number of nitriles is 1. The molecule has 0 saturated carbocycles. The van der Waals surface area contributed by atoms with E-state index in [-0.39, 0.29) is 17.1 Å². The third-order valence-corrected chi connectivity index (χ3v) is 8.31. The molecule has 4 aromatic rings. The summed E-state index contributed by atoms with van der Waals surface area (Å²) in [4.78, 5) is 21.4. The summed E-state index contributed by atoms with van der Waals surface area (Å²) in [6, 6.07) is 15.1. The number of rotatable bonds is 8. The molecule has 196 valence electrons. The summed E-state index contributed by atoms with van der Waals surface area (Å²) in [6.07, 6.45) is 1.78. The van der Waals surface area contributed by atoms with Crippen molar-refractivity contribution in [3.8, 4) is 28.6 Å². The lowest BCUT2D eigenvalue weighted by Gasteiger charge is -2.39. The highest BCUT2D eigenvalue weighted by molar-refractivity contribution is 8.00. The van der Waals surface area contributed by atoms with Gasteiger partial charge in [-0.05, 0) is 63.4 Å². The monoisotopic (exact) mass is 560 g/mol. The fraction of sp³-hybridized carbons (Fsp3) is 0.296. The van der Waals surface area contributed by atoms with Crippen LogP contribution in [0, 0.1) is 11.3 Å². The minimum atomic E-state index is -1.89. The molecule has 2 N–H and O–H groups in total. The first-order valence-corrected chi connectivity index (χ1v) is 13.9. The third kappa shape index (κ3) is 6.20. The second-order valence-corrected chi connectivity index (χ2v) is 12.0. The van der Waals surface area contributed by atoms with Crippen molar-refractivity contribution in [3.05, 3.63) is 71.2 Å². The van der Waals surface area contributed by atoms with E-state index in [0.717, 1.165) is 0 Å². The van der Waals surface area contributed by atoms with E-state index < -0.39 is 26.6 Å². The molecule has 0 aliphatic rings. The van der Waals surface area contributed by atoms with Gasteiger partial charge in [-0.25, -0.2) is 9.50 Å². The second kappa shape index (κ2) is 11.1. The number of thioether (sulfide) groups is 1. The van der Waals surface area contributed by atoms with Crippen LogP contribution in [0.25, 0.3) is 28.2 Å². The standard InChI is InChI=1S/C27H22B6N6O2S/c1-24(2,41)25(3,42-4)37-23(40)17-8-9-20-36-21(15-7-5-6-14(10-15)13-34)22(39(20)38-17)16-11-18(26(28,29)30)35-19(12-16)27(31,32)33/h5-12,41H,1-4H3,(H,37,40). The molecule has 1 amide bonds. The Kier molecular flexibility index (Phi) is 8.31. The maximum absolute atomic E-state index is 13.4. The molecular weight excluding hydrogens is 537 g/mol. The van der Waals surface area contributed by atoms with Gasteiger partial charge in [0.05, 0.1) is 70.0 Å². The van der Waals surface area contributed by atoms with Crippen molar-refractivity contribution >= 4 is 70.4 Å². The number of benzene rings is 1. The van der Waals surface area contributed by atoms with Crippen LogP contribution < -0.4 is 5.32 Å². The molecule has 1 unspecified atom stereocenters. The minimum Gasteiger partial charge on any atom is -0.387 e. The zero-order chi connectivity index (χ0) is 31.3. The highest BCUT2D eigenvalue weighted by Crippen LogP contribution is 2.36. The van der Waals surface area contributed by atoms with Gasteiger partial charge in [0.25, 0.3) is 5.91 Å². The van der Waals surface area contributed by atoms with E-state index in [1.165, 1.54) is 34.5 Å². The maximum Gasteiger partial charge on any atom is 0.272 e. The van der Waals surface area contributed by atoms with Crippen LogP contribution in [0.4, 0.5) is 0 Å². The first-order chi connectivity index (χ1) is 19.4. The quantitative estimate of drug-likeness (QED) is 0.246. The van der Waals surface area contributed by atoms with Crippen LogP contribution in [0.2, 0.25) is 0 Å². The predicted octanol–water partition coefficient (Wildman–Crippen LogP) is 1.14. The van der Waals surface area contributed by atoms with Crippen molar-refractivity contribution in [2.45, 2.75) is 41.5 Å². The molecule has 0 fully saturated rings. The van der Waals surface area contributed by atoms with Gasteiger partial charge in [0.1, 0.15) is 16.3 Å². The van der Waals surface area contributed by atoms with E-state index >= 15 is 0 Å². The van der Waals surface area contributed by atoms with Gasteiger partial charge in [0.2, 0.25) is 0 Å². The highest BCUT2D eigenvalue weighted by Gasteiger charge is 2.41. The largest absolute Gasteiger partial charge is 0.387 e. The molecule has 0 saturated heterocycles. The fourth-order valence-corrected chi connectivity index (χ4v) is 4.79. The predicted molar refractivity (Wildman–Crippen MR) is 170 cm³/mol. The number of amides is 1. The molecule has 1 atom stereocenters. The van der Waals surface area contributed by atoms with Crippen molar-refractivity contribution in [3.63, 3.8) is 0 Å². The molecule has 15 heteroatoms. The number of carbonyl (C=O) groups is 1. The summed E-state index contributed by atoms with van der Waals surface area (Å²) in [5.41, 5.74) is 1.31. The number of carbonyl (C=O) groups excluding carboxylic acids is 1. The molecule has 0 aliphatic carbocycles. The van der Waals surface area contributed by atoms with Gasteiger partial charge in [0, 0.05) is 22.5 Å². The maximum atomic E-state index is 13.4. The summed E-state index contributed by atoms with van der Waals surface area (Å²) < 4.78 is 1.45. The summed E-state index contributed by atoms with van der Waals surface area (Å²) in [5.74, 6) is -0.533. The lowest BCUT2D eigenvalue weighted by Crippen LogP contribution is -2.57. The molecule has 12 radical (unpaired) electrons. The molecule has 0 aliphatic heterocycles. The lowest BCUT2D eigenvalue weighted by atomic mass is 9.40. The number of imidazole rings is 1. The Morgan fingerprint density at radius 1 is 0.952 bits per heavy atom. The van der Waals surface area contributed by atoms with Gasteiger partial charge in [0.15, 0.2) is 5.65 Å². The number of aromatic nitrogens is 4. The minimum absolute atomic E-state index is 0.0159. The number of nitrogens with one attached hydrogen (secondary N) is 1. The SMILES string of the molecule is [B]C([B])([B])c1cc(-c2c(-c3cccc(C#N)c3)nc3ccc(C(=O)NC(C)(SC)C(C)(C)O)nn23)cc(C([B])([B])[B])n1. The molecule has 3 aromatic heterocycles. The molecule has 3 heterocycles. The Hall–Kier alpha value is -3.35. The van der Waals surface area contributed by atoms with Crippen LogP contribution in [0.1, 0.15) is 48.2 Å². The molecule has 4 rings (SSSR count). The fourth-order valence-electron chi connectivity index (χ4n) is 4.10. The van der Waals surface area contributed by atoms with E-state index in [2.05, 4.69) is 21.5 Å². The zero-order valence-electron chi connectivity index (χ0n) is 23.6. The Morgan fingerprint density at radius 3 is 2.10 bits per heavy atom. The van der Waals surface area contributed by atoms with Crippen molar-refractivity contribution in [2.75, 3.05) is 6.26 Å². The normalized spacial score (nSPS) is 13.8. The molecule has 8 nitrogen and oxygen atoms in total. The van der Waals surface area contributed by atoms with Crippen molar-refractivity contribution in [2.24, 2.45) is 0 Å². The Balaban J connectivity index is 2.02. The number of hydrogen-bond donors (Lipinski definition) is 2. The zero-order valence-corrected chi connectivity index (χ0v) is 24.4. The van der Waals surface area contributed by atoms with Crippen LogP contribution in [0.5, 0.6) is 0 Å². The number of pyridine rings is 1. The van der Waals surface area contributed by atoms with E-state index in [0.29, 0.717) is 33.7 Å². The topological polar surface area (TPSA) is 116 Å².